The molecule has 0 aliphatic carbocycles. The number of rotatable bonds is 4. The maximum absolute atomic E-state index is 13.4. The van der Waals surface area contributed by atoms with Crippen LogP contribution in [-0.2, 0) is 26.6 Å². The number of aromatic nitrogens is 4. The topological polar surface area (TPSA) is 65.1 Å². The molecule has 5 rings (SSSR count). The van der Waals surface area contributed by atoms with Crippen molar-refractivity contribution in [1.29, 1.82) is 0 Å². The van der Waals surface area contributed by atoms with Crippen LogP contribution < -0.4 is 16.1 Å². The van der Waals surface area contributed by atoms with Gasteiger partial charge in [-0.2, -0.15) is 4.98 Å². The van der Waals surface area contributed by atoms with Gasteiger partial charge in [0.2, 0.25) is 5.95 Å². The number of nitrogens with zero attached hydrogens (tertiary/aromatic N) is 5. The second-order valence-electron chi connectivity index (χ2n) is 7.77. The largest absolute Gasteiger partial charge is 0.332 e. The van der Waals surface area contributed by atoms with Crippen LogP contribution in [0.3, 0.4) is 0 Å². The van der Waals surface area contributed by atoms with Crippen LogP contribution in [0.25, 0.3) is 11.2 Å². The van der Waals surface area contributed by atoms with E-state index >= 15 is 0 Å². The molecule has 0 radical (unpaired) electrons. The number of aryl methyl sites for hydroxylation is 2. The minimum absolute atomic E-state index is 0.220. The van der Waals surface area contributed by atoms with E-state index in [1.54, 1.807) is 7.05 Å². The Labute approximate surface area is 187 Å². The molecular weight excluding hydrogens is 458 g/mol. The third kappa shape index (κ3) is 3.22. The number of anilines is 2. The Morgan fingerprint density at radius 1 is 0.968 bits per heavy atom. The van der Waals surface area contributed by atoms with Crippen molar-refractivity contribution in [2.75, 3.05) is 11.4 Å². The van der Waals surface area contributed by atoms with Gasteiger partial charge in [-0.3, -0.25) is 13.9 Å². The number of benzene rings is 2. The molecule has 8 heteroatoms. The minimum atomic E-state index is -0.365. The predicted octanol–water partition coefficient (Wildman–Crippen LogP) is 3.42. The third-order valence-corrected chi connectivity index (χ3v) is 6.44. The lowest BCUT2D eigenvalue weighted by Crippen LogP contribution is -2.40. The van der Waals surface area contributed by atoms with Crippen LogP contribution in [0.5, 0.6) is 0 Å². The lowest BCUT2D eigenvalue weighted by Gasteiger charge is -2.16. The SMILES string of the molecule is CCc1ccc(N2CCn3c2nc2c3c(=O)n(Cc3ccc(Br)cc3)c(=O)n2C)cc1. The van der Waals surface area contributed by atoms with Gasteiger partial charge in [0.25, 0.3) is 5.56 Å². The number of hydrogen-bond donors (Lipinski definition) is 0. The molecule has 4 aromatic rings. The molecule has 1 aliphatic rings. The zero-order valence-electron chi connectivity index (χ0n) is 17.4. The normalized spacial score (nSPS) is 13.2. The monoisotopic (exact) mass is 479 g/mol. The zero-order valence-corrected chi connectivity index (χ0v) is 19.0. The number of hydrogen-bond acceptors (Lipinski definition) is 4. The van der Waals surface area contributed by atoms with E-state index in [0.29, 0.717) is 23.7 Å². The summed E-state index contributed by atoms with van der Waals surface area (Å²) in [7, 11) is 1.67. The van der Waals surface area contributed by atoms with E-state index < -0.39 is 0 Å². The van der Waals surface area contributed by atoms with Crippen molar-refractivity contribution in [3.63, 3.8) is 0 Å². The van der Waals surface area contributed by atoms with Crippen LogP contribution in [0, 0.1) is 0 Å². The summed E-state index contributed by atoms with van der Waals surface area (Å²) in [6.45, 7) is 3.73. The number of imidazole rings is 1. The van der Waals surface area contributed by atoms with E-state index in [-0.39, 0.29) is 17.8 Å². The first-order valence-corrected chi connectivity index (χ1v) is 11.1. The minimum Gasteiger partial charge on any atom is -0.310 e. The standard InChI is InChI=1S/C23H22BrN5O2/c1-3-15-6-10-18(11-7-15)27-12-13-28-19-20(25-22(27)28)26(2)23(31)29(21(19)30)14-16-4-8-17(24)9-5-16/h4-11H,3,12-14H2,1-2H3. The average Bonchev–Trinajstić information content (AvgIpc) is 3.36. The molecule has 158 valence electrons. The van der Waals surface area contributed by atoms with Gasteiger partial charge in [0.1, 0.15) is 0 Å². The fourth-order valence-corrected chi connectivity index (χ4v) is 4.41. The molecule has 0 saturated heterocycles. The van der Waals surface area contributed by atoms with Crippen LogP contribution in [-0.4, -0.2) is 25.2 Å². The summed E-state index contributed by atoms with van der Waals surface area (Å²) in [5.74, 6) is 0.702. The van der Waals surface area contributed by atoms with Gasteiger partial charge < -0.3 is 9.47 Å². The number of fused-ring (bicyclic) bond motifs is 3. The highest BCUT2D eigenvalue weighted by Crippen LogP contribution is 2.31. The van der Waals surface area contributed by atoms with Gasteiger partial charge in [0.15, 0.2) is 11.2 Å². The van der Waals surface area contributed by atoms with Gasteiger partial charge in [-0.25, -0.2) is 4.79 Å². The van der Waals surface area contributed by atoms with Crippen molar-refractivity contribution in [1.82, 2.24) is 18.7 Å². The molecule has 0 atom stereocenters. The lowest BCUT2D eigenvalue weighted by molar-refractivity contribution is 0.652. The van der Waals surface area contributed by atoms with Gasteiger partial charge in [-0.1, -0.05) is 47.1 Å². The second kappa shape index (κ2) is 7.53. The summed E-state index contributed by atoms with van der Waals surface area (Å²) >= 11 is 3.41. The highest BCUT2D eigenvalue weighted by Gasteiger charge is 2.28. The quantitative estimate of drug-likeness (QED) is 0.449. The van der Waals surface area contributed by atoms with Crippen molar-refractivity contribution in [2.24, 2.45) is 7.05 Å². The fraction of sp³-hybridized carbons (Fsp3) is 0.261. The molecule has 2 aromatic heterocycles. The van der Waals surface area contributed by atoms with Crippen LogP contribution in [0.1, 0.15) is 18.1 Å². The fourth-order valence-electron chi connectivity index (χ4n) is 4.15. The van der Waals surface area contributed by atoms with E-state index in [2.05, 4.69) is 52.0 Å². The predicted molar refractivity (Wildman–Crippen MR) is 125 cm³/mol. The summed E-state index contributed by atoms with van der Waals surface area (Å²) in [6, 6.07) is 16.0. The average molecular weight is 480 g/mol. The first kappa shape index (κ1) is 19.8. The Hall–Kier alpha value is -3.13. The Balaban J connectivity index is 1.63. The van der Waals surface area contributed by atoms with Gasteiger partial charge >= 0.3 is 5.69 Å². The summed E-state index contributed by atoms with van der Waals surface area (Å²) < 4.78 is 5.65. The Morgan fingerprint density at radius 3 is 2.32 bits per heavy atom. The first-order chi connectivity index (χ1) is 15.0. The van der Waals surface area contributed by atoms with Crippen molar-refractivity contribution < 1.29 is 0 Å². The van der Waals surface area contributed by atoms with E-state index in [0.717, 1.165) is 28.7 Å². The zero-order chi connectivity index (χ0) is 21.7. The Kier molecular flexibility index (Phi) is 4.81. The van der Waals surface area contributed by atoms with Crippen molar-refractivity contribution in [2.45, 2.75) is 26.4 Å². The maximum atomic E-state index is 13.4. The Bertz CT molecular complexity index is 1400. The van der Waals surface area contributed by atoms with Crippen molar-refractivity contribution in [3.8, 4) is 0 Å². The van der Waals surface area contributed by atoms with Gasteiger partial charge in [0, 0.05) is 30.3 Å². The molecule has 0 fully saturated rings. The molecule has 1 aliphatic heterocycles. The molecule has 2 aromatic carbocycles. The smallest absolute Gasteiger partial charge is 0.310 e. The van der Waals surface area contributed by atoms with Gasteiger partial charge in [0.05, 0.1) is 6.54 Å². The molecule has 0 spiro atoms. The van der Waals surface area contributed by atoms with Crippen molar-refractivity contribution >= 4 is 38.7 Å². The molecule has 31 heavy (non-hydrogen) atoms. The third-order valence-electron chi connectivity index (χ3n) is 5.91. The van der Waals surface area contributed by atoms with Crippen LogP contribution in [0.4, 0.5) is 11.6 Å². The molecule has 0 bridgehead atoms. The molecule has 0 saturated carbocycles. The summed E-state index contributed by atoms with van der Waals surface area (Å²) in [4.78, 5) is 33.2. The molecule has 0 unspecified atom stereocenters. The number of halogens is 1. The molecule has 7 nitrogen and oxygen atoms in total. The summed E-state index contributed by atoms with van der Waals surface area (Å²) in [5, 5.41) is 0. The molecule has 0 amide bonds. The highest BCUT2D eigenvalue weighted by molar-refractivity contribution is 9.10. The summed E-state index contributed by atoms with van der Waals surface area (Å²) in [6.07, 6.45) is 0.985. The summed E-state index contributed by atoms with van der Waals surface area (Å²) in [5.41, 5.74) is 3.43. The first-order valence-electron chi connectivity index (χ1n) is 10.3. The van der Waals surface area contributed by atoms with Crippen LogP contribution in [0.15, 0.2) is 62.6 Å². The van der Waals surface area contributed by atoms with Crippen LogP contribution in [0.2, 0.25) is 0 Å². The molecule has 3 heterocycles. The van der Waals surface area contributed by atoms with E-state index in [1.807, 2.05) is 28.8 Å². The maximum Gasteiger partial charge on any atom is 0.332 e. The van der Waals surface area contributed by atoms with Crippen LogP contribution >= 0.6 is 15.9 Å². The van der Waals surface area contributed by atoms with Gasteiger partial charge in [-0.05, 0) is 41.8 Å². The van der Waals surface area contributed by atoms with Crippen molar-refractivity contribution in [3.05, 3.63) is 85.0 Å². The van der Waals surface area contributed by atoms with E-state index in [1.165, 1.54) is 14.7 Å². The molecule has 0 N–H and O–H groups in total. The van der Waals surface area contributed by atoms with E-state index in [4.69, 9.17) is 4.98 Å². The highest BCUT2D eigenvalue weighted by atomic mass is 79.9. The second-order valence-corrected chi connectivity index (χ2v) is 8.68. The molecular formula is C23H22BrN5O2. The Morgan fingerprint density at radius 2 is 1.65 bits per heavy atom. The van der Waals surface area contributed by atoms with Gasteiger partial charge in [-0.15, -0.1) is 0 Å². The van der Waals surface area contributed by atoms with E-state index in [9.17, 15) is 9.59 Å². The lowest BCUT2D eigenvalue weighted by atomic mass is 10.1.